The minimum absolute atomic E-state index is 0.137. The Morgan fingerprint density at radius 2 is 2.12 bits per heavy atom. The molecule has 0 fully saturated rings. The number of nitriles is 1. The topological polar surface area (TPSA) is 67.2 Å². The summed E-state index contributed by atoms with van der Waals surface area (Å²) < 4.78 is 4.59. The maximum absolute atomic E-state index is 11.8. The zero-order chi connectivity index (χ0) is 12.8. The summed E-state index contributed by atoms with van der Waals surface area (Å²) in [5, 5.41) is 9.28. The zero-order valence-electron chi connectivity index (χ0n) is 9.20. The number of carbonyl (C=O) groups excluding carboxylic acids is 2. The van der Waals surface area contributed by atoms with Gasteiger partial charge < -0.3 is 4.74 Å². The van der Waals surface area contributed by atoms with E-state index in [0.717, 1.165) is 0 Å². The molecule has 1 aromatic rings. The number of Topliss-reactive ketones (excluding diaryl/α,β-unsaturated/α-hetero) is 1. The molecule has 1 rings (SSSR count). The van der Waals surface area contributed by atoms with Crippen LogP contribution in [0.4, 0.5) is 0 Å². The molecule has 0 spiro atoms. The fourth-order valence-corrected chi connectivity index (χ4v) is 1.72. The molecule has 5 heteroatoms. The van der Waals surface area contributed by atoms with Gasteiger partial charge in [-0.2, -0.15) is 5.26 Å². The molecule has 0 atom stereocenters. The van der Waals surface area contributed by atoms with Crippen LogP contribution in [0.1, 0.15) is 32.7 Å². The third kappa shape index (κ3) is 3.14. The second-order valence-electron chi connectivity index (χ2n) is 3.23. The first-order chi connectivity index (χ1) is 8.13. The van der Waals surface area contributed by atoms with Crippen LogP contribution >= 0.6 is 15.9 Å². The highest BCUT2D eigenvalue weighted by atomic mass is 79.9. The Morgan fingerprint density at radius 3 is 2.65 bits per heavy atom. The molecule has 17 heavy (non-hydrogen) atoms. The highest BCUT2D eigenvalue weighted by molar-refractivity contribution is 9.09. The number of ether oxygens (including phenoxy) is 1. The number of methoxy groups -OCH3 is 1. The Morgan fingerprint density at radius 1 is 1.41 bits per heavy atom. The van der Waals surface area contributed by atoms with Gasteiger partial charge in [-0.3, -0.25) is 4.79 Å². The van der Waals surface area contributed by atoms with E-state index in [-0.39, 0.29) is 23.3 Å². The van der Waals surface area contributed by atoms with Gasteiger partial charge in [-0.1, -0.05) is 15.9 Å². The van der Waals surface area contributed by atoms with E-state index in [2.05, 4.69) is 20.7 Å². The molecule has 0 aliphatic carbocycles. The van der Waals surface area contributed by atoms with Crippen molar-refractivity contribution in [3.8, 4) is 6.07 Å². The van der Waals surface area contributed by atoms with Crippen LogP contribution in [0, 0.1) is 11.3 Å². The summed E-state index contributed by atoms with van der Waals surface area (Å²) in [5.74, 6) is -0.771. The summed E-state index contributed by atoms with van der Waals surface area (Å²) in [6.45, 7) is 0. The van der Waals surface area contributed by atoms with Gasteiger partial charge in [0.15, 0.2) is 5.78 Å². The number of hydrogen-bond acceptors (Lipinski definition) is 4. The molecule has 0 radical (unpaired) electrons. The highest BCUT2D eigenvalue weighted by Gasteiger charge is 2.17. The second-order valence-corrected chi connectivity index (χ2v) is 4.02. The number of hydrogen-bond donors (Lipinski definition) is 0. The normalized spacial score (nSPS) is 9.47. The van der Waals surface area contributed by atoms with Crippen LogP contribution in [0.25, 0.3) is 0 Å². The molecule has 0 aliphatic rings. The quantitative estimate of drug-likeness (QED) is 0.486. The van der Waals surface area contributed by atoms with Crippen molar-refractivity contribution < 1.29 is 14.3 Å². The van der Waals surface area contributed by atoms with Crippen LogP contribution in [-0.4, -0.2) is 24.2 Å². The van der Waals surface area contributed by atoms with Gasteiger partial charge in [0.1, 0.15) is 0 Å². The SMILES string of the molecule is COC(=O)c1cc(C#N)ccc1C(=O)CCBr. The molecule has 88 valence electrons. The average molecular weight is 296 g/mol. The van der Waals surface area contributed by atoms with Crippen molar-refractivity contribution >= 4 is 27.7 Å². The Balaban J connectivity index is 3.25. The Hall–Kier alpha value is -1.67. The number of alkyl halides is 1. The smallest absolute Gasteiger partial charge is 0.338 e. The van der Waals surface area contributed by atoms with E-state index < -0.39 is 5.97 Å². The third-order valence-electron chi connectivity index (χ3n) is 2.18. The summed E-state index contributed by atoms with van der Waals surface area (Å²) in [4.78, 5) is 23.3. The molecule has 0 aliphatic heterocycles. The maximum Gasteiger partial charge on any atom is 0.338 e. The lowest BCUT2D eigenvalue weighted by molar-refractivity contribution is 0.0597. The average Bonchev–Trinajstić information content (AvgIpc) is 2.37. The molecule has 0 amide bonds. The lowest BCUT2D eigenvalue weighted by atomic mass is 10.00. The summed E-state index contributed by atoms with van der Waals surface area (Å²) in [6, 6.07) is 6.27. The van der Waals surface area contributed by atoms with Crippen molar-refractivity contribution in [2.75, 3.05) is 12.4 Å². The minimum atomic E-state index is -0.611. The summed E-state index contributed by atoms with van der Waals surface area (Å²) >= 11 is 3.16. The van der Waals surface area contributed by atoms with E-state index in [1.54, 1.807) is 0 Å². The molecule has 0 bridgehead atoms. The molecule has 1 aromatic carbocycles. The van der Waals surface area contributed by atoms with Crippen LogP contribution in [0.2, 0.25) is 0 Å². The van der Waals surface area contributed by atoms with Gasteiger partial charge in [-0.05, 0) is 18.2 Å². The number of carbonyl (C=O) groups is 2. The minimum Gasteiger partial charge on any atom is -0.465 e. The lowest BCUT2D eigenvalue weighted by Gasteiger charge is -2.06. The van der Waals surface area contributed by atoms with Gasteiger partial charge in [0, 0.05) is 17.3 Å². The van der Waals surface area contributed by atoms with E-state index in [1.165, 1.54) is 25.3 Å². The number of nitrogens with zero attached hydrogens (tertiary/aromatic N) is 1. The molecule has 0 N–H and O–H groups in total. The zero-order valence-corrected chi connectivity index (χ0v) is 10.8. The molecule has 0 heterocycles. The van der Waals surface area contributed by atoms with Crippen molar-refractivity contribution in [1.29, 1.82) is 5.26 Å². The van der Waals surface area contributed by atoms with Crippen molar-refractivity contribution in [3.63, 3.8) is 0 Å². The fraction of sp³-hybridized carbons (Fsp3) is 0.250. The van der Waals surface area contributed by atoms with Gasteiger partial charge in [0.2, 0.25) is 0 Å². The predicted molar refractivity (Wildman–Crippen MR) is 65.2 cm³/mol. The van der Waals surface area contributed by atoms with Crippen molar-refractivity contribution in [3.05, 3.63) is 34.9 Å². The Labute approximate surface area is 107 Å². The molecule has 4 nitrogen and oxygen atoms in total. The first-order valence-electron chi connectivity index (χ1n) is 4.85. The number of rotatable bonds is 4. The summed E-state index contributed by atoms with van der Waals surface area (Å²) in [6.07, 6.45) is 0.288. The van der Waals surface area contributed by atoms with E-state index in [4.69, 9.17) is 5.26 Å². The summed E-state index contributed by atoms with van der Waals surface area (Å²) in [7, 11) is 1.24. The number of esters is 1. The highest BCUT2D eigenvalue weighted by Crippen LogP contribution is 2.15. The third-order valence-corrected chi connectivity index (χ3v) is 2.57. The van der Waals surface area contributed by atoms with Crippen LogP contribution in [-0.2, 0) is 4.74 Å². The lowest BCUT2D eigenvalue weighted by Crippen LogP contribution is -2.11. The van der Waals surface area contributed by atoms with Crippen molar-refractivity contribution in [2.45, 2.75) is 6.42 Å². The van der Waals surface area contributed by atoms with E-state index in [1.807, 2.05) is 6.07 Å². The van der Waals surface area contributed by atoms with Crippen molar-refractivity contribution in [2.24, 2.45) is 0 Å². The maximum atomic E-state index is 11.8. The van der Waals surface area contributed by atoms with Gasteiger partial charge in [0.05, 0.1) is 24.3 Å². The molecule has 0 saturated heterocycles. The standard InChI is InChI=1S/C12H10BrNO3/c1-17-12(16)10-6-8(7-14)2-3-9(10)11(15)4-5-13/h2-3,6H,4-5H2,1H3. The predicted octanol–water partition coefficient (Wildman–Crippen LogP) is 2.31. The van der Waals surface area contributed by atoms with Crippen LogP contribution in [0.3, 0.4) is 0 Å². The first-order valence-corrected chi connectivity index (χ1v) is 5.97. The van der Waals surface area contributed by atoms with E-state index in [9.17, 15) is 9.59 Å². The fourth-order valence-electron chi connectivity index (χ4n) is 1.36. The number of halogens is 1. The first kappa shape index (κ1) is 13.4. The van der Waals surface area contributed by atoms with Crippen molar-refractivity contribution in [1.82, 2.24) is 0 Å². The Kier molecular flexibility index (Phi) is 4.85. The second kappa shape index (κ2) is 6.16. The molecule has 0 unspecified atom stereocenters. The monoisotopic (exact) mass is 295 g/mol. The van der Waals surface area contributed by atoms with Crippen LogP contribution in [0.15, 0.2) is 18.2 Å². The largest absolute Gasteiger partial charge is 0.465 e. The van der Waals surface area contributed by atoms with Gasteiger partial charge in [-0.25, -0.2) is 4.79 Å². The molecular formula is C12H10BrNO3. The summed E-state index contributed by atoms with van der Waals surface area (Å²) in [5.41, 5.74) is 0.744. The molecule has 0 saturated carbocycles. The van der Waals surface area contributed by atoms with Gasteiger partial charge >= 0.3 is 5.97 Å². The number of ketones is 1. The number of benzene rings is 1. The van der Waals surface area contributed by atoms with Crippen LogP contribution < -0.4 is 0 Å². The van der Waals surface area contributed by atoms with Gasteiger partial charge in [-0.15, -0.1) is 0 Å². The Bertz CT molecular complexity index is 491. The van der Waals surface area contributed by atoms with E-state index in [0.29, 0.717) is 10.9 Å². The van der Waals surface area contributed by atoms with Crippen LogP contribution in [0.5, 0.6) is 0 Å². The molecular weight excluding hydrogens is 286 g/mol. The molecule has 0 aromatic heterocycles. The van der Waals surface area contributed by atoms with Gasteiger partial charge in [0.25, 0.3) is 0 Å². The van der Waals surface area contributed by atoms with E-state index >= 15 is 0 Å².